The van der Waals surface area contributed by atoms with Crippen molar-refractivity contribution in [3.63, 3.8) is 0 Å². The molecule has 0 aliphatic heterocycles. The fourth-order valence-electron chi connectivity index (χ4n) is 2.01. The van der Waals surface area contributed by atoms with Crippen molar-refractivity contribution >= 4 is 11.8 Å². The van der Waals surface area contributed by atoms with Crippen LogP contribution in [0.2, 0.25) is 0 Å². The van der Waals surface area contributed by atoms with Crippen molar-refractivity contribution < 1.29 is 0 Å². The van der Waals surface area contributed by atoms with Gasteiger partial charge < -0.3 is 5.32 Å². The van der Waals surface area contributed by atoms with Crippen LogP contribution in [0.15, 0.2) is 24.3 Å². The highest BCUT2D eigenvalue weighted by Crippen LogP contribution is 2.15. The largest absolute Gasteiger partial charge is 0.309 e. The van der Waals surface area contributed by atoms with E-state index in [0.717, 1.165) is 30.4 Å². The van der Waals surface area contributed by atoms with Crippen LogP contribution in [-0.2, 0) is 6.42 Å². The van der Waals surface area contributed by atoms with Gasteiger partial charge in [-0.25, -0.2) is 0 Å². The molecule has 1 atom stereocenters. The van der Waals surface area contributed by atoms with E-state index in [1.807, 2.05) is 0 Å². The van der Waals surface area contributed by atoms with E-state index in [0.29, 0.717) is 6.04 Å². The van der Waals surface area contributed by atoms with Gasteiger partial charge in [-0.3, -0.25) is 0 Å². The van der Waals surface area contributed by atoms with Crippen LogP contribution in [0.5, 0.6) is 0 Å². The molecule has 0 saturated heterocycles. The molecular formula is C17H25NS. The van der Waals surface area contributed by atoms with Crippen LogP contribution < -0.4 is 5.32 Å². The number of thioether (sulfide) groups is 1. The molecule has 0 saturated carbocycles. The summed E-state index contributed by atoms with van der Waals surface area (Å²) >= 11 is 1.80. The standard InChI is InChI=1S/C17H25NS/c1-5-11-19-12-10-18-15(4)17-8-6-16(7-9-17)13-14(2)3/h1,6-9,14-15,18H,10-13H2,2-4H3. The van der Waals surface area contributed by atoms with Gasteiger partial charge in [0.15, 0.2) is 0 Å². The zero-order valence-electron chi connectivity index (χ0n) is 12.3. The maximum absolute atomic E-state index is 5.22. The van der Waals surface area contributed by atoms with E-state index < -0.39 is 0 Å². The van der Waals surface area contributed by atoms with Gasteiger partial charge in [0.1, 0.15) is 0 Å². The van der Waals surface area contributed by atoms with Crippen LogP contribution in [-0.4, -0.2) is 18.1 Å². The minimum Gasteiger partial charge on any atom is -0.309 e. The molecule has 1 rings (SSSR count). The van der Waals surface area contributed by atoms with E-state index in [1.165, 1.54) is 11.1 Å². The number of benzene rings is 1. The molecule has 2 heteroatoms. The summed E-state index contributed by atoms with van der Waals surface area (Å²) in [6.07, 6.45) is 6.38. The van der Waals surface area contributed by atoms with Gasteiger partial charge in [0.2, 0.25) is 0 Å². The van der Waals surface area contributed by atoms with E-state index >= 15 is 0 Å². The quantitative estimate of drug-likeness (QED) is 0.570. The Morgan fingerprint density at radius 1 is 1.21 bits per heavy atom. The fraction of sp³-hybridized carbons (Fsp3) is 0.529. The summed E-state index contributed by atoms with van der Waals surface area (Å²) in [5.74, 6) is 5.24. The minimum atomic E-state index is 0.402. The Kier molecular flexibility index (Phi) is 7.70. The third-order valence-electron chi connectivity index (χ3n) is 3.01. The first-order valence-electron chi connectivity index (χ1n) is 6.97. The van der Waals surface area contributed by atoms with Crippen molar-refractivity contribution in [2.45, 2.75) is 33.2 Å². The van der Waals surface area contributed by atoms with Crippen molar-refractivity contribution in [3.8, 4) is 12.3 Å². The molecule has 0 aromatic heterocycles. The summed E-state index contributed by atoms with van der Waals surface area (Å²) < 4.78 is 0. The van der Waals surface area contributed by atoms with Crippen molar-refractivity contribution in [3.05, 3.63) is 35.4 Å². The van der Waals surface area contributed by atoms with Crippen molar-refractivity contribution in [1.82, 2.24) is 5.32 Å². The number of nitrogens with one attached hydrogen (secondary N) is 1. The molecule has 0 aliphatic rings. The summed E-state index contributed by atoms with van der Waals surface area (Å²) in [7, 11) is 0. The fourth-order valence-corrected chi connectivity index (χ4v) is 2.53. The number of hydrogen-bond acceptors (Lipinski definition) is 2. The van der Waals surface area contributed by atoms with E-state index in [1.54, 1.807) is 11.8 Å². The average Bonchev–Trinajstić information content (AvgIpc) is 2.38. The highest BCUT2D eigenvalue weighted by molar-refractivity contribution is 7.99. The Hall–Kier alpha value is -0.910. The highest BCUT2D eigenvalue weighted by atomic mass is 32.2. The first-order valence-corrected chi connectivity index (χ1v) is 8.12. The molecular weight excluding hydrogens is 250 g/mol. The Balaban J connectivity index is 2.36. The second kappa shape index (κ2) is 9.07. The van der Waals surface area contributed by atoms with Crippen LogP contribution in [0.4, 0.5) is 0 Å². The summed E-state index contributed by atoms with van der Waals surface area (Å²) in [6.45, 7) is 7.72. The van der Waals surface area contributed by atoms with Gasteiger partial charge >= 0.3 is 0 Å². The van der Waals surface area contributed by atoms with Crippen LogP contribution in [0.25, 0.3) is 0 Å². The molecule has 0 fully saturated rings. The van der Waals surface area contributed by atoms with Gasteiger partial charge in [0, 0.05) is 18.3 Å². The van der Waals surface area contributed by atoms with Crippen molar-refractivity contribution in [1.29, 1.82) is 0 Å². The van der Waals surface area contributed by atoms with Gasteiger partial charge in [0.25, 0.3) is 0 Å². The molecule has 1 nitrogen and oxygen atoms in total. The van der Waals surface area contributed by atoms with Crippen LogP contribution in [0.1, 0.15) is 37.9 Å². The monoisotopic (exact) mass is 275 g/mol. The number of hydrogen-bond donors (Lipinski definition) is 1. The summed E-state index contributed by atoms with van der Waals surface area (Å²) in [6, 6.07) is 9.38. The average molecular weight is 275 g/mol. The molecule has 0 bridgehead atoms. The van der Waals surface area contributed by atoms with E-state index in [4.69, 9.17) is 6.42 Å². The molecule has 1 aromatic carbocycles. The lowest BCUT2D eigenvalue weighted by Crippen LogP contribution is -2.21. The summed E-state index contributed by atoms with van der Waals surface area (Å²) in [5, 5.41) is 3.53. The molecule has 0 radical (unpaired) electrons. The third-order valence-corrected chi connectivity index (χ3v) is 3.87. The van der Waals surface area contributed by atoms with Crippen LogP contribution in [0.3, 0.4) is 0 Å². The van der Waals surface area contributed by atoms with Gasteiger partial charge in [-0.2, -0.15) is 0 Å². The highest BCUT2D eigenvalue weighted by Gasteiger charge is 2.04. The zero-order chi connectivity index (χ0) is 14.1. The predicted octanol–water partition coefficient (Wildman–Crippen LogP) is 3.90. The molecule has 1 unspecified atom stereocenters. The third kappa shape index (κ3) is 6.71. The lowest BCUT2D eigenvalue weighted by Gasteiger charge is -2.15. The molecule has 104 valence electrons. The van der Waals surface area contributed by atoms with Gasteiger partial charge in [-0.1, -0.05) is 44.0 Å². The lowest BCUT2D eigenvalue weighted by molar-refractivity contribution is 0.600. The maximum atomic E-state index is 5.22. The molecule has 19 heavy (non-hydrogen) atoms. The normalized spacial score (nSPS) is 12.4. The molecule has 0 aliphatic carbocycles. The van der Waals surface area contributed by atoms with Gasteiger partial charge in [-0.15, -0.1) is 18.2 Å². The van der Waals surface area contributed by atoms with Gasteiger partial charge in [0.05, 0.1) is 5.75 Å². The summed E-state index contributed by atoms with van der Waals surface area (Å²) in [5.41, 5.74) is 2.78. The van der Waals surface area contributed by atoms with Crippen molar-refractivity contribution in [2.24, 2.45) is 5.92 Å². The zero-order valence-corrected chi connectivity index (χ0v) is 13.1. The summed E-state index contributed by atoms with van der Waals surface area (Å²) in [4.78, 5) is 0. The Morgan fingerprint density at radius 3 is 2.47 bits per heavy atom. The Bertz CT molecular complexity index is 389. The predicted molar refractivity (Wildman–Crippen MR) is 87.6 cm³/mol. The second-order valence-corrected chi connectivity index (χ2v) is 6.38. The van der Waals surface area contributed by atoms with E-state index in [-0.39, 0.29) is 0 Å². The van der Waals surface area contributed by atoms with E-state index in [9.17, 15) is 0 Å². The molecule has 1 aromatic rings. The Morgan fingerprint density at radius 2 is 1.89 bits per heavy atom. The first-order chi connectivity index (χ1) is 9.13. The van der Waals surface area contributed by atoms with Crippen LogP contribution in [0, 0.1) is 18.3 Å². The lowest BCUT2D eigenvalue weighted by atomic mass is 10.00. The van der Waals surface area contributed by atoms with Crippen LogP contribution >= 0.6 is 11.8 Å². The Labute approximate surface area is 122 Å². The van der Waals surface area contributed by atoms with Gasteiger partial charge in [-0.05, 0) is 30.4 Å². The molecule has 0 amide bonds. The maximum Gasteiger partial charge on any atom is 0.0545 e. The van der Waals surface area contributed by atoms with E-state index in [2.05, 4.69) is 56.3 Å². The molecule has 1 N–H and O–H groups in total. The SMILES string of the molecule is C#CCSCCNC(C)c1ccc(CC(C)C)cc1. The number of terminal acetylenes is 1. The van der Waals surface area contributed by atoms with Crippen molar-refractivity contribution in [2.75, 3.05) is 18.1 Å². The topological polar surface area (TPSA) is 12.0 Å². The molecule has 0 heterocycles. The first kappa shape index (κ1) is 16.1. The number of rotatable bonds is 8. The molecule has 0 spiro atoms. The minimum absolute atomic E-state index is 0.402. The second-order valence-electron chi connectivity index (χ2n) is 5.27. The smallest absolute Gasteiger partial charge is 0.0545 e.